The lowest BCUT2D eigenvalue weighted by atomic mass is 10.2. The molecule has 3 N–H and O–H groups in total. The Bertz CT molecular complexity index is 448. The van der Waals surface area contributed by atoms with Crippen LogP contribution in [0.15, 0.2) is 24.3 Å². The molecule has 0 aromatic heterocycles. The summed E-state index contributed by atoms with van der Waals surface area (Å²) >= 11 is 2.03. The molecule has 0 aliphatic heterocycles. The fraction of sp³-hybridized carbons (Fsp3) is 0.562. The zero-order valence-electron chi connectivity index (χ0n) is 12.3. The number of hydrogen-bond acceptors (Lipinski definition) is 3. The number of hydrogen-bond donors (Lipinski definition) is 3. The molecule has 0 atom stereocenters. The molecule has 0 radical (unpaired) electrons. The second-order valence-electron chi connectivity index (χ2n) is 5.38. The Morgan fingerprint density at radius 2 is 2.14 bits per heavy atom. The predicted molar refractivity (Wildman–Crippen MR) is 88.7 cm³/mol. The lowest BCUT2D eigenvalue weighted by Gasteiger charge is -2.11. The van der Waals surface area contributed by atoms with Crippen molar-refractivity contribution in [1.82, 2.24) is 5.32 Å². The number of thioether (sulfide) groups is 1. The SMILES string of the molecule is O=C(NCCCO)Nc1cccc(CSC2CCCC2)c1. The molecule has 2 rings (SSSR count). The zero-order valence-corrected chi connectivity index (χ0v) is 13.1. The van der Waals surface area contributed by atoms with Crippen molar-refractivity contribution in [3.63, 3.8) is 0 Å². The summed E-state index contributed by atoms with van der Waals surface area (Å²) in [6, 6.07) is 7.80. The molecule has 0 bridgehead atoms. The minimum atomic E-state index is -0.218. The van der Waals surface area contributed by atoms with E-state index in [1.807, 2.05) is 30.0 Å². The summed E-state index contributed by atoms with van der Waals surface area (Å²) in [5.41, 5.74) is 2.07. The quantitative estimate of drug-likeness (QED) is 0.677. The van der Waals surface area contributed by atoms with E-state index in [9.17, 15) is 4.79 Å². The maximum absolute atomic E-state index is 11.7. The molecule has 4 nitrogen and oxygen atoms in total. The van der Waals surface area contributed by atoms with Crippen molar-refractivity contribution >= 4 is 23.5 Å². The van der Waals surface area contributed by atoms with Gasteiger partial charge in [-0.15, -0.1) is 0 Å². The first-order valence-electron chi connectivity index (χ1n) is 7.64. The minimum Gasteiger partial charge on any atom is -0.396 e. The second kappa shape index (κ2) is 8.95. The summed E-state index contributed by atoms with van der Waals surface area (Å²) in [7, 11) is 0. The third-order valence-corrected chi connectivity index (χ3v) is 5.04. The lowest BCUT2D eigenvalue weighted by molar-refractivity contribution is 0.249. The van der Waals surface area contributed by atoms with Gasteiger partial charge in [0.15, 0.2) is 0 Å². The number of anilines is 1. The number of urea groups is 1. The summed E-state index contributed by atoms with van der Waals surface area (Å²) in [5, 5.41) is 15.0. The van der Waals surface area contributed by atoms with Crippen molar-refractivity contribution in [2.45, 2.75) is 43.1 Å². The summed E-state index contributed by atoms with van der Waals surface area (Å²) in [6.07, 6.45) is 6.00. The van der Waals surface area contributed by atoms with E-state index in [0.29, 0.717) is 13.0 Å². The number of rotatable bonds is 7. The van der Waals surface area contributed by atoms with Gasteiger partial charge in [-0.2, -0.15) is 11.8 Å². The molecule has 1 saturated carbocycles. The van der Waals surface area contributed by atoms with Gasteiger partial charge in [0.2, 0.25) is 0 Å². The highest BCUT2D eigenvalue weighted by Crippen LogP contribution is 2.31. The number of amides is 2. The largest absolute Gasteiger partial charge is 0.396 e. The molecule has 5 heteroatoms. The van der Waals surface area contributed by atoms with Gasteiger partial charge in [-0.05, 0) is 37.0 Å². The average Bonchev–Trinajstić information content (AvgIpc) is 2.99. The van der Waals surface area contributed by atoms with Crippen LogP contribution < -0.4 is 10.6 Å². The number of aliphatic hydroxyl groups is 1. The highest BCUT2D eigenvalue weighted by atomic mass is 32.2. The molecular formula is C16H24N2O2S. The molecule has 2 amide bonds. The molecule has 0 unspecified atom stereocenters. The first-order valence-corrected chi connectivity index (χ1v) is 8.69. The third kappa shape index (κ3) is 5.98. The molecule has 1 aromatic rings. The summed E-state index contributed by atoms with van der Waals surface area (Å²) in [5.74, 6) is 1.01. The number of carbonyl (C=O) groups excluding carboxylic acids is 1. The first-order chi connectivity index (χ1) is 10.3. The summed E-state index contributed by atoms with van der Waals surface area (Å²) < 4.78 is 0. The molecule has 1 aromatic carbocycles. The Morgan fingerprint density at radius 3 is 2.90 bits per heavy atom. The van der Waals surface area contributed by atoms with E-state index in [4.69, 9.17) is 5.11 Å². The van der Waals surface area contributed by atoms with Crippen LogP contribution in [0, 0.1) is 0 Å². The van der Waals surface area contributed by atoms with Crippen molar-refractivity contribution in [3.8, 4) is 0 Å². The number of benzene rings is 1. The van der Waals surface area contributed by atoms with Gasteiger partial charge in [-0.3, -0.25) is 0 Å². The van der Waals surface area contributed by atoms with Crippen LogP contribution >= 0.6 is 11.8 Å². The van der Waals surface area contributed by atoms with Crippen molar-refractivity contribution in [2.24, 2.45) is 0 Å². The van der Waals surface area contributed by atoms with Gasteiger partial charge >= 0.3 is 6.03 Å². The Labute approximate surface area is 130 Å². The molecule has 1 aliphatic carbocycles. The topological polar surface area (TPSA) is 61.4 Å². The zero-order chi connectivity index (χ0) is 14.9. The Balaban J connectivity index is 1.78. The van der Waals surface area contributed by atoms with Crippen LogP contribution in [-0.2, 0) is 5.75 Å². The first kappa shape index (κ1) is 16.2. The molecular weight excluding hydrogens is 284 g/mol. The molecule has 0 spiro atoms. The van der Waals surface area contributed by atoms with Crippen LogP contribution in [0.5, 0.6) is 0 Å². The van der Waals surface area contributed by atoms with Crippen LogP contribution in [-0.4, -0.2) is 29.5 Å². The Hall–Kier alpha value is -1.20. The maximum atomic E-state index is 11.7. The van der Waals surface area contributed by atoms with Gasteiger partial charge in [0.25, 0.3) is 0 Å². The second-order valence-corrected chi connectivity index (χ2v) is 6.66. The van der Waals surface area contributed by atoms with Crippen LogP contribution in [0.2, 0.25) is 0 Å². The number of carbonyl (C=O) groups is 1. The van der Waals surface area contributed by atoms with E-state index in [0.717, 1.165) is 16.7 Å². The molecule has 0 saturated heterocycles. The van der Waals surface area contributed by atoms with Gasteiger partial charge in [0, 0.05) is 29.8 Å². The van der Waals surface area contributed by atoms with Crippen LogP contribution in [0.3, 0.4) is 0 Å². The van der Waals surface area contributed by atoms with E-state index in [-0.39, 0.29) is 12.6 Å². The summed E-state index contributed by atoms with van der Waals surface area (Å²) in [6.45, 7) is 0.577. The molecule has 1 aliphatic rings. The maximum Gasteiger partial charge on any atom is 0.319 e. The lowest BCUT2D eigenvalue weighted by Crippen LogP contribution is -2.29. The van der Waals surface area contributed by atoms with Crippen LogP contribution in [0.4, 0.5) is 10.5 Å². The number of aliphatic hydroxyl groups excluding tert-OH is 1. The third-order valence-electron chi connectivity index (χ3n) is 3.59. The van der Waals surface area contributed by atoms with Crippen LogP contribution in [0.25, 0.3) is 0 Å². The van der Waals surface area contributed by atoms with E-state index < -0.39 is 0 Å². The highest BCUT2D eigenvalue weighted by Gasteiger charge is 2.15. The van der Waals surface area contributed by atoms with Gasteiger partial charge in [-0.25, -0.2) is 4.79 Å². The fourth-order valence-electron chi connectivity index (χ4n) is 2.46. The van der Waals surface area contributed by atoms with Crippen molar-refractivity contribution in [3.05, 3.63) is 29.8 Å². The smallest absolute Gasteiger partial charge is 0.319 e. The standard InChI is InChI=1S/C16H24N2O2S/c19-10-4-9-17-16(20)18-14-6-3-5-13(11-14)12-21-15-7-1-2-8-15/h3,5-6,11,15,19H,1-2,4,7-10,12H2,(H2,17,18,20). The summed E-state index contributed by atoms with van der Waals surface area (Å²) in [4.78, 5) is 11.7. The Kier molecular flexibility index (Phi) is 6.89. The fourth-order valence-corrected chi connectivity index (χ4v) is 3.74. The molecule has 116 valence electrons. The van der Waals surface area contributed by atoms with E-state index >= 15 is 0 Å². The monoisotopic (exact) mass is 308 g/mol. The highest BCUT2D eigenvalue weighted by molar-refractivity contribution is 7.99. The van der Waals surface area contributed by atoms with E-state index in [1.165, 1.54) is 31.2 Å². The van der Waals surface area contributed by atoms with Crippen LogP contribution in [0.1, 0.15) is 37.7 Å². The molecule has 0 heterocycles. The Morgan fingerprint density at radius 1 is 1.33 bits per heavy atom. The molecule has 21 heavy (non-hydrogen) atoms. The molecule has 1 fully saturated rings. The van der Waals surface area contributed by atoms with Crippen molar-refractivity contribution in [2.75, 3.05) is 18.5 Å². The van der Waals surface area contributed by atoms with E-state index in [2.05, 4.69) is 16.7 Å². The van der Waals surface area contributed by atoms with E-state index in [1.54, 1.807) is 0 Å². The average molecular weight is 308 g/mol. The van der Waals surface area contributed by atoms with Gasteiger partial charge in [0.1, 0.15) is 0 Å². The normalized spacial score (nSPS) is 15.1. The van der Waals surface area contributed by atoms with Gasteiger partial charge in [-0.1, -0.05) is 25.0 Å². The van der Waals surface area contributed by atoms with Crippen molar-refractivity contribution < 1.29 is 9.90 Å². The minimum absolute atomic E-state index is 0.0914. The number of nitrogens with one attached hydrogen (secondary N) is 2. The van der Waals surface area contributed by atoms with Gasteiger partial charge in [0.05, 0.1) is 0 Å². The predicted octanol–water partition coefficient (Wildman–Crippen LogP) is 3.37. The van der Waals surface area contributed by atoms with Crippen molar-refractivity contribution in [1.29, 1.82) is 0 Å². The van der Waals surface area contributed by atoms with Gasteiger partial charge < -0.3 is 15.7 Å².